The second-order valence-corrected chi connectivity index (χ2v) is 5.13. The van der Waals surface area contributed by atoms with E-state index in [0.29, 0.717) is 11.1 Å². The summed E-state index contributed by atoms with van der Waals surface area (Å²) in [5, 5.41) is 8.82. The number of aliphatic carboxylic acids is 1. The standard InChI is InChI=1S/C12H15BrN2O3/c1-8(2)6-15(7-11(16)17)12(18)9-4-3-5-10(13)14-9/h3-5,8H,6-7H2,1-2H3,(H,16,17). The molecule has 1 N–H and O–H groups in total. The van der Waals surface area contributed by atoms with Crippen LogP contribution in [0.15, 0.2) is 22.8 Å². The van der Waals surface area contributed by atoms with Crippen molar-refractivity contribution in [3.05, 3.63) is 28.5 Å². The van der Waals surface area contributed by atoms with Crippen LogP contribution in [0.1, 0.15) is 24.3 Å². The molecule has 18 heavy (non-hydrogen) atoms. The number of halogens is 1. The number of pyridine rings is 1. The Balaban J connectivity index is 2.90. The quantitative estimate of drug-likeness (QED) is 0.844. The molecule has 0 radical (unpaired) electrons. The van der Waals surface area contributed by atoms with Crippen LogP contribution in [0, 0.1) is 5.92 Å². The van der Waals surface area contributed by atoms with Gasteiger partial charge in [0.1, 0.15) is 16.8 Å². The van der Waals surface area contributed by atoms with E-state index in [1.165, 1.54) is 4.90 Å². The molecule has 0 aliphatic carbocycles. The van der Waals surface area contributed by atoms with E-state index in [2.05, 4.69) is 20.9 Å². The van der Waals surface area contributed by atoms with Crippen molar-refractivity contribution in [1.82, 2.24) is 9.88 Å². The number of carboxylic acids is 1. The summed E-state index contributed by atoms with van der Waals surface area (Å²) >= 11 is 3.18. The fraction of sp³-hybridized carbons (Fsp3) is 0.417. The number of carboxylic acid groups (broad SMARTS) is 1. The van der Waals surface area contributed by atoms with Crippen LogP contribution in [-0.2, 0) is 4.79 Å². The predicted octanol–water partition coefficient (Wildman–Crippen LogP) is 2.03. The van der Waals surface area contributed by atoms with E-state index in [4.69, 9.17) is 5.11 Å². The highest BCUT2D eigenvalue weighted by atomic mass is 79.9. The number of carbonyl (C=O) groups excluding carboxylic acids is 1. The van der Waals surface area contributed by atoms with E-state index in [-0.39, 0.29) is 24.1 Å². The molecule has 1 aromatic rings. The van der Waals surface area contributed by atoms with Gasteiger partial charge >= 0.3 is 5.97 Å². The lowest BCUT2D eigenvalue weighted by Gasteiger charge is -2.22. The van der Waals surface area contributed by atoms with E-state index in [1.807, 2.05) is 13.8 Å². The molecule has 0 saturated heterocycles. The van der Waals surface area contributed by atoms with Crippen molar-refractivity contribution in [3.8, 4) is 0 Å². The van der Waals surface area contributed by atoms with Gasteiger partial charge in [0.25, 0.3) is 5.91 Å². The smallest absolute Gasteiger partial charge is 0.323 e. The van der Waals surface area contributed by atoms with Gasteiger partial charge < -0.3 is 10.0 Å². The number of rotatable bonds is 5. The van der Waals surface area contributed by atoms with E-state index < -0.39 is 5.97 Å². The SMILES string of the molecule is CC(C)CN(CC(=O)O)C(=O)c1cccc(Br)n1. The summed E-state index contributed by atoms with van der Waals surface area (Å²) in [4.78, 5) is 28.3. The molecule has 0 aliphatic rings. The van der Waals surface area contributed by atoms with Gasteiger partial charge in [-0.05, 0) is 34.0 Å². The van der Waals surface area contributed by atoms with Gasteiger partial charge in [-0.25, -0.2) is 4.98 Å². The third kappa shape index (κ3) is 4.44. The molecule has 1 aromatic heterocycles. The van der Waals surface area contributed by atoms with Gasteiger partial charge in [0, 0.05) is 6.54 Å². The van der Waals surface area contributed by atoms with Crippen molar-refractivity contribution in [1.29, 1.82) is 0 Å². The monoisotopic (exact) mass is 314 g/mol. The van der Waals surface area contributed by atoms with E-state index in [9.17, 15) is 9.59 Å². The van der Waals surface area contributed by atoms with Crippen LogP contribution in [0.3, 0.4) is 0 Å². The second-order valence-electron chi connectivity index (χ2n) is 4.32. The van der Waals surface area contributed by atoms with Gasteiger partial charge in [-0.2, -0.15) is 0 Å². The van der Waals surface area contributed by atoms with Crippen molar-refractivity contribution in [2.24, 2.45) is 5.92 Å². The van der Waals surface area contributed by atoms with Crippen LogP contribution < -0.4 is 0 Å². The average Bonchev–Trinajstić information content (AvgIpc) is 2.26. The zero-order chi connectivity index (χ0) is 13.7. The van der Waals surface area contributed by atoms with Crippen LogP contribution >= 0.6 is 15.9 Å². The van der Waals surface area contributed by atoms with E-state index in [0.717, 1.165) is 0 Å². The highest BCUT2D eigenvalue weighted by molar-refractivity contribution is 9.10. The van der Waals surface area contributed by atoms with Crippen LogP contribution in [0.2, 0.25) is 0 Å². The number of aromatic nitrogens is 1. The van der Waals surface area contributed by atoms with E-state index in [1.54, 1.807) is 18.2 Å². The largest absolute Gasteiger partial charge is 0.480 e. The molecule has 0 atom stereocenters. The highest BCUT2D eigenvalue weighted by Crippen LogP contribution is 2.10. The van der Waals surface area contributed by atoms with Crippen LogP contribution in [0.4, 0.5) is 0 Å². The first-order valence-electron chi connectivity index (χ1n) is 5.53. The first-order chi connectivity index (χ1) is 8.40. The predicted molar refractivity (Wildman–Crippen MR) is 70.3 cm³/mol. The minimum Gasteiger partial charge on any atom is -0.480 e. The van der Waals surface area contributed by atoms with Crippen molar-refractivity contribution in [2.45, 2.75) is 13.8 Å². The average molecular weight is 315 g/mol. The van der Waals surface area contributed by atoms with Crippen molar-refractivity contribution < 1.29 is 14.7 Å². The number of amides is 1. The summed E-state index contributed by atoms with van der Waals surface area (Å²) in [7, 11) is 0. The Morgan fingerprint density at radius 2 is 2.11 bits per heavy atom. The van der Waals surface area contributed by atoms with Crippen molar-refractivity contribution in [3.63, 3.8) is 0 Å². The molecule has 0 unspecified atom stereocenters. The van der Waals surface area contributed by atoms with Crippen LogP contribution in [-0.4, -0.2) is 40.0 Å². The Kier molecular flexibility index (Phi) is 5.27. The Labute approximate surface area is 114 Å². The van der Waals surface area contributed by atoms with Crippen molar-refractivity contribution >= 4 is 27.8 Å². The summed E-state index contributed by atoms with van der Waals surface area (Å²) in [6, 6.07) is 4.97. The molecular formula is C12H15BrN2O3. The van der Waals surface area contributed by atoms with Gasteiger partial charge in [0.05, 0.1) is 0 Å². The topological polar surface area (TPSA) is 70.5 Å². The highest BCUT2D eigenvalue weighted by Gasteiger charge is 2.20. The zero-order valence-electron chi connectivity index (χ0n) is 10.3. The molecule has 6 heteroatoms. The first kappa shape index (κ1) is 14.6. The second kappa shape index (κ2) is 6.49. The maximum atomic E-state index is 12.1. The maximum Gasteiger partial charge on any atom is 0.323 e. The summed E-state index contributed by atoms with van der Waals surface area (Å²) in [5.41, 5.74) is 0.242. The lowest BCUT2D eigenvalue weighted by Crippen LogP contribution is -2.38. The Morgan fingerprint density at radius 1 is 1.44 bits per heavy atom. The van der Waals surface area contributed by atoms with E-state index >= 15 is 0 Å². The molecule has 1 rings (SSSR count). The lowest BCUT2D eigenvalue weighted by molar-refractivity contribution is -0.137. The number of hydrogen-bond donors (Lipinski definition) is 1. The fourth-order valence-corrected chi connectivity index (χ4v) is 1.86. The normalized spacial score (nSPS) is 10.4. The van der Waals surface area contributed by atoms with Crippen LogP contribution in [0.25, 0.3) is 0 Å². The minimum absolute atomic E-state index is 0.195. The molecule has 0 aliphatic heterocycles. The van der Waals surface area contributed by atoms with Gasteiger partial charge in [0.2, 0.25) is 0 Å². The number of carbonyl (C=O) groups is 2. The fourth-order valence-electron chi connectivity index (χ4n) is 1.51. The van der Waals surface area contributed by atoms with Crippen molar-refractivity contribution in [2.75, 3.05) is 13.1 Å². The lowest BCUT2D eigenvalue weighted by atomic mass is 10.2. The molecule has 0 bridgehead atoms. The van der Waals surface area contributed by atoms with Crippen LogP contribution in [0.5, 0.6) is 0 Å². The van der Waals surface area contributed by atoms with Gasteiger partial charge in [0.15, 0.2) is 0 Å². The van der Waals surface area contributed by atoms with Gasteiger partial charge in [-0.3, -0.25) is 9.59 Å². The Bertz CT molecular complexity index is 449. The summed E-state index contributed by atoms with van der Waals surface area (Å²) in [6.45, 7) is 3.93. The molecule has 0 fully saturated rings. The number of hydrogen-bond acceptors (Lipinski definition) is 3. The molecule has 0 spiro atoms. The van der Waals surface area contributed by atoms with Gasteiger partial charge in [-0.15, -0.1) is 0 Å². The summed E-state index contributed by atoms with van der Waals surface area (Å²) in [5.74, 6) is -1.20. The molecule has 1 amide bonds. The molecular weight excluding hydrogens is 300 g/mol. The number of nitrogens with zero attached hydrogens (tertiary/aromatic N) is 2. The van der Waals surface area contributed by atoms with Gasteiger partial charge in [-0.1, -0.05) is 19.9 Å². The third-order valence-electron chi connectivity index (χ3n) is 2.13. The summed E-state index contributed by atoms with van der Waals surface area (Å²) in [6.07, 6.45) is 0. The zero-order valence-corrected chi connectivity index (χ0v) is 11.8. The maximum absolute atomic E-state index is 12.1. The molecule has 1 heterocycles. The Hall–Kier alpha value is -1.43. The minimum atomic E-state index is -1.03. The molecule has 5 nitrogen and oxygen atoms in total. The summed E-state index contributed by atoms with van der Waals surface area (Å²) < 4.78 is 0.549. The molecule has 0 aromatic carbocycles. The Morgan fingerprint density at radius 3 is 2.61 bits per heavy atom. The molecule has 0 saturated carbocycles. The third-order valence-corrected chi connectivity index (χ3v) is 2.57. The molecule has 98 valence electrons. The first-order valence-corrected chi connectivity index (χ1v) is 6.33.